The van der Waals surface area contributed by atoms with Crippen molar-refractivity contribution in [1.82, 2.24) is 32.9 Å². The summed E-state index contributed by atoms with van der Waals surface area (Å²) in [5.41, 5.74) is 1.32. The number of carbonyl (C=O) groups is 1. The second kappa shape index (κ2) is 9.41. The van der Waals surface area contributed by atoms with Crippen LogP contribution in [0.25, 0.3) is 11.0 Å². The zero-order valence-electron chi connectivity index (χ0n) is 18.0. The van der Waals surface area contributed by atoms with E-state index in [0.29, 0.717) is 62.5 Å². The van der Waals surface area contributed by atoms with E-state index in [1.165, 1.54) is 0 Å². The Labute approximate surface area is 195 Å². The van der Waals surface area contributed by atoms with Crippen LogP contribution in [-0.2, 0) is 21.3 Å². The Morgan fingerprint density at radius 1 is 1.15 bits per heavy atom. The molecule has 2 aromatic heterocycles. The lowest BCUT2D eigenvalue weighted by Gasteiger charge is -2.34. The maximum atomic E-state index is 13.6. The van der Waals surface area contributed by atoms with E-state index < -0.39 is 10.0 Å². The molecule has 2 saturated heterocycles. The molecule has 1 aromatic carbocycles. The van der Waals surface area contributed by atoms with Gasteiger partial charge in [-0.05, 0) is 31.4 Å². The van der Waals surface area contributed by atoms with Crippen molar-refractivity contribution < 1.29 is 17.9 Å². The predicted molar refractivity (Wildman–Crippen MR) is 120 cm³/mol. The predicted octanol–water partition coefficient (Wildman–Crippen LogP) is 1.39. The van der Waals surface area contributed by atoms with E-state index in [9.17, 15) is 13.2 Å². The Kier molecular flexibility index (Phi) is 6.36. The van der Waals surface area contributed by atoms with E-state index in [-0.39, 0.29) is 16.8 Å². The number of ether oxygens (including phenoxy) is 1. The number of amides is 1. The van der Waals surface area contributed by atoms with Crippen molar-refractivity contribution in [2.24, 2.45) is 0 Å². The summed E-state index contributed by atoms with van der Waals surface area (Å²) in [5, 5.41) is 8.13. The van der Waals surface area contributed by atoms with Gasteiger partial charge in [0.05, 0.1) is 31.1 Å². The highest BCUT2D eigenvalue weighted by Crippen LogP contribution is 2.30. The minimum atomic E-state index is -3.72. The van der Waals surface area contributed by atoms with E-state index >= 15 is 0 Å². The van der Waals surface area contributed by atoms with Gasteiger partial charge in [-0.15, -0.1) is 5.10 Å². The van der Waals surface area contributed by atoms with Crippen LogP contribution in [-0.4, -0.2) is 86.2 Å². The molecule has 0 aliphatic carbocycles. The fourth-order valence-electron chi connectivity index (χ4n) is 4.41. The third kappa shape index (κ3) is 4.50. The van der Waals surface area contributed by atoms with Gasteiger partial charge in [0.25, 0.3) is 5.91 Å². The molecule has 1 amide bonds. The topological polar surface area (TPSA) is 123 Å². The van der Waals surface area contributed by atoms with Crippen LogP contribution in [0, 0.1) is 0 Å². The van der Waals surface area contributed by atoms with Gasteiger partial charge >= 0.3 is 0 Å². The first-order valence-corrected chi connectivity index (χ1v) is 13.2. The number of morpholine rings is 1. The van der Waals surface area contributed by atoms with Crippen LogP contribution in [0.15, 0.2) is 29.3 Å². The summed E-state index contributed by atoms with van der Waals surface area (Å²) >= 11 is 1.01. The van der Waals surface area contributed by atoms with Crippen LogP contribution in [0.3, 0.4) is 0 Å². The average molecular weight is 492 g/mol. The monoisotopic (exact) mass is 491 g/mol. The van der Waals surface area contributed by atoms with Crippen molar-refractivity contribution in [2.75, 3.05) is 32.8 Å². The molecule has 0 saturated carbocycles. The van der Waals surface area contributed by atoms with Crippen molar-refractivity contribution in [3.63, 3.8) is 0 Å². The molecule has 0 radical (unpaired) electrons. The van der Waals surface area contributed by atoms with Gasteiger partial charge in [0.1, 0.15) is 15.9 Å². The maximum Gasteiger partial charge on any atom is 0.276 e. The second-order valence-electron chi connectivity index (χ2n) is 8.21. The summed E-state index contributed by atoms with van der Waals surface area (Å²) < 4.78 is 44.0. The number of carbonyl (C=O) groups excluding carboxylic acids is 1. The molecule has 5 rings (SSSR count). The number of sulfonamides is 1. The SMILES string of the molecule is O=C(c1cn(CCC2CCCCN2S(=O)(=O)c2cccc3nsnc23)nn1)N1CCOCC1. The Hall–Kier alpha value is -2.48. The quantitative estimate of drug-likeness (QED) is 0.507. The smallest absolute Gasteiger partial charge is 0.276 e. The van der Waals surface area contributed by atoms with E-state index in [1.54, 1.807) is 38.3 Å². The van der Waals surface area contributed by atoms with E-state index in [0.717, 1.165) is 31.0 Å². The fourth-order valence-corrected chi connectivity index (χ4v) is 6.89. The van der Waals surface area contributed by atoms with Gasteiger partial charge in [-0.1, -0.05) is 17.7 Å². The highest BCUT2D eigenvalue weighted by Gasteiger charge is 2.35. The van der Waals surface area contributed by atoms with Crippen LogP contribution < -0.4 is 0 Å². The number of aryl methyl sites for hydroxylation is 1. The van der Waals surface area contributed by atoms with Gasteiger partial charge in [-0.3, -0.25) is 9.48 Å². The number of benzene rings is 1. The first-order chi connectivity index (χ1) is 16.0. The van der Waals surface area contributed by atoms with E-state index in [2.05, 4.69) is 19.1 Å². The summed E-state index contributed by atoms with van der Waals surface area (Å²) in [6.07, 6.45) is 4.79. The molecule has 4 heterocycles. The van der Waals surface area contributed by atoms with Crippen molar-refractivity contribution >= 4 is 38.7 Å². The summed E-state index contributed by atoms with van der Waals surface area (Å²) in [7, 11) is -3.72. The summed E-state index contributed by atoms with van der Waals surface area (Å²) in [4.78, 5) is 14.5. The fraction of sp³-hybridized carbons (Fsp3) is 0.550. The van der Waals surface area contributed by atoms with Crippen molar-refractivity contribution in [3.8, 4) is 0 Å². The lowest BCUT2D eigenvalue weighted by molar-refractivity contribution is 0.0299. The Morgan fingerprint density at radius 3 is 2.85 bits per heavy atom. The molecule has 13 heteroatoms. The minimum Gasteiger partial charge on any atom is -0.378 e. The molecule has 3 aromatic rings. The lowest BCUT2D eigenvalue weighted by Crippen LogP contribution is -2.44. The molecule has 0 N–H and O–H groups in total. The largest absolute Gasteiger partial charge is 0.378 e. The molecule has 2 fully saturated rings. The number of aromatic nitrogens is 5. The van der Waals surface area contributed by atoms with E-state index in [1.807, 2.05) is 0 Å². The van der Waals surface area contributed by atoms with Gasteiger partial charge in [0.2, 0.25) is 10.0 Å². The zero-order chi connectivity index (χ0) is 22.8. The van der Waals surface area contributed by atoms with E-state index in [4.69, 9.17) is 4.74 Å². The molecule has 176 valence electrons. The van der Waals surface area contributed by atoms with Crippen LogP contribution in [0.5, 0.6) is 0 Å². The van der Waals surface area contributed by atoms with Gasteiger partial charge in [0.15, 0.2) is 5.69 Å². The molecule has 2 aliphatic heterocycles. The van der Waals surface area contributed by atoms with Gasteiger partial charge in [-0.2, -0.15) is 13.1 Å². The standard InChI is InChI=1S/C20H25N7O4S2/c28-20(25-10-12-31-13-11-25)17-14-26(24-21-17)9-7-15-4-1-2-8-27(15)33(29,30)18-6-3-5-16-19(18)23-32-22-16/h3,5-6,14-15H,1-2,4,7-13H2. The maximum absolute atomic E-state index is 13.6. The van der Waals surface area contributed by atoms with Crippen molar-refractivity contribution in [2.45, 2.75) is 43.2 Å². The molecule has 33 heavy (non-hydrogen) atoms. The molecular formula is C20H25N7O4S2. The number of fused-ring (bicyclic) bond motifs is 1. The highest BCUT2D eigenvalue weighted by molar-refractivity contribution is 7.89. The summed E-state index contributed by atoms with van der Waals surface area (Å²) in [5.74, 6) is -0.156. The molecule has 0 bridgehead atoms. The number of hydrogen-bond acceptors (Lipinski definition) is 9. The van der Waals surface area contributed by atoms with Gasteiger partial charge in [-0.25, -0.2) is 8.42 Å². The van der Waals surface area contributed by atoms with Crippen molar-refractivity contribution in [3.05, 3.63) is 30.1 Å². The Bertz CT molecular complexity index is 1240. The molecule has 11 nitrogen and oxygen atoms in total. The first kappa shape index (κ1) is 22.3. The molecule has 1 unspecified atom stereocenters. The number of nitrogens with zero attached hydrogens (tertiary/aromatic N) is 7. The first-order valence-electron chi connectivity index (χ1n) is 11.0. The lowest BCUT2D eigenvalue weighted by atomic mass is 10.0. The van der Waals surface area contributed by atoms with Crippen LogP contribution in [0.4, 0.5) is 0 Å². The minimum absolute atomic E-state index is 0.156. The highest BCUT2D eigenvalue weighted by atomic mass is 32.2. The summed E-state index contributed by atoms with van der Waals surface area (Å²) in [6.45, 7) is 3.08. The second-order valence-corrected chi connectivity index (χ2v) is 10.6. The zero-order valence-corrected chi connectivity index (χ0v) is 19.7. The molecule has 0 spiro atoms. The molecule has 1 atom stereocenters. The van der Waals surface area contributed by atoms with Crippen LogP contribution in [0.2, 0.25) is 0 Å². The number of piperidine rings is 1. The number of rotatable bonds is 6. The summed E-state index contributed by atoms with van der Waals surface area (Å²) in [6, 6.07) is 4.92. The molecular weight excluding hydrogens is 466 g/mol. The average Bonchev–Trinajstić information content (AvgIpc) is 3.52. The van der Waals surface area contributed by atoms with Crippen LogP contribution in [0.1, 0.15) is 36.2 Å². The van der Waals surface area contributed by atoms with Crippen molar-refractivity contribution in [1.29, 1.82) is 0 Å². The third-order valence-electron chi connectivity index (χ3n) is 6.16. The Balaban J connectivity index is 1.30. The number of hydrogen-bond donors (Lipinski definition) is 0. The van der Waals surface area contributed by atoms with Gasteiger partial charge in [0, 0.05) is 32.2 Å². The normalized spacial score (nSPS) is 20.4. The van der Waals surface area contributed by atoms with Crippen LogP contribution >= 0.6 is 11.7 Å². The molecule has 2 aliphatic rings. The third-order valence-corrected chi connectivity index (χ3v) is 8.68. The Morgan fingerprint density at radius 2 is 2.00 bits per heavy atom. The van der Waals surface area contributed by atoms with Gasteiger partial charge < -0.3 is 9.64 Å².